The average molecular weight is 343 g/mol. The maximum Gasteiger partial charge on any atom is 0.0497 e. The predicted molar refractivity (Wildman–Crippen MR) is 95.2 cm³/mol. The molecule has 0 atom stereocenters. The van der Waals surface area contributed by atoms with Gasteiger partial charge in [-0.2, -0.15) is 0 Å². The molecular weight excluding hydrogens is 327 g/mol. The third kappa shape index (κ3) is 2.90. The fourth-order valence-electron chi connectivity index (χ4n) is 3.19. The van der Waals surface area contributed by atoms with Gasteiger partial charge in [-0.1, -0.05) is 47.5 Å². The van der Waals surface area contributed by atoms with Crippen LogP contribution in [0.2, 0.25) is 10.0 Å². The van der Waals surface area contributed by atoms with Gasteiger partial charge in [0.15, 0.2) is 0 Å². The van der Waals surface area contributed by atoms with Gasteiger partial charge in [0.05, 0.1) is 0 Å². The molecule has 0 fully saturated rings. The predicted octanol–water partition coefficient (Wildman–Crippen LogP) is 5.30. The van der Waals surface area contributed by atoms with Crippen LogP contribution in [0.1, 0.15) is 16.8 Å². The molecule has 2 nitrogen and oxygen atoms in total. The molecular formula is C19H16Cl2N2. The largest absolute Gasteiger partial charge is 0.319 e. The molecule has 0 unspecified atom stereocenters. The molecule has 1 aliphatic rings. The van der Waals surface area contributed by atoms with Crippen LogP contribution in [0.4, 0.5) is 0 Å². The second-order valence-corrected chi connectivity index (χ2v) is 6.72. The van der Waals surface area contributed by atoms with E-state index in [1.807, 2.05) is 18.2 Å². The Bertz CT molecular complexity index is 854. The first-order valence-electron chi connectivity index (χ1n) is 7.61. The Kier molecular flexibility index (Phi) is 3.90. The van der Waals surface area contributed by atoms with Crippen molar-refractivity contribution in [2.24, 2.45) is 0 Å². The van der Waals surface area contributed by atoms with Crippen molar-refractivity contribution in [3.63, 3.8) is 0 Å². The van der Waals surface area contributed by atoms with Crippen LogP contribution in [0.5, 0.6) is 0 Å². The molecule has 3 aromatic rings. The van der Waals surface area contributed by atoms with E-state index in [-0.39, 0.29) is 0 Å². The highest BCUT2D eigenvalue weighted by atomic mass is 35.5. The van der Waals surface area contributed by atoms with E-state index in [1.54, 1.807) is 0 Å². The lowest BCUT2D eigenvalue weighted by Crippen LogP contribution is -2.21. The molecule has 4 rings (SSSR count). The highest BCUT2D eigenvalue weighted by Gasteiger charge is 2.19. The summed E-state index contributed by atoms with van der Waals surface area (Å²) in [6.07, 6.45) is 2.13. The van der Waals surface area contributed by atoms with Crippen LogP contribution in [-0.4, -0.2) is 9.47 Å². The minimum atomic E-state index is 0.675. The molecule has 0 radical (unpaired) electrons. The third-order valence-corrected chi connectivity index (χ3v) is 4.86. The van der Waals surface area contributed by atoms with Crippen LogP contribution < -0.4 is 0 Å². The molecule has 1 aliphatic heterocycles. The van der Waals surface area contributed by atoms with Crippen molar-refractivity contribution in [1.29, 1.82) is 0 Å². The smallest absolute Gasteiger partial charge is 0.0497 e. The SMILES string of the molecule is Clc1ccc(CN2Cc3ccccc3-n3cccc3C2)c(Cl)c1. The van der Waals surface area contributed by atoms with E-state index in [0.29, 0.717) is 5.02 Å². The zero-order valence-corrected chi connectivity index (χ0v) is 14.1. The molecule has 2 heterocycles. The number of rotatable bonds is 2. The fourth-order valence-corrected chi connectivity index (χ4v) is 3.66. The number of hydrogen-bond donors (Lipinski definition) is 0. The van der Waals surface area contributed by atoms with Crippen molar-refractivity contribution in [3.8, 4) is 5.69 Å². The molecule has 116 valence electrons. The summed E-state index contributed by atoms with van der Waals surface area (Å²) in [5.41, 5.74) is 4.98. The summed E-state index contributed by atoms with van der Waals surface area (Å²) in [4.78, 5) is 2.41. The van der Waals surface area contributed by atoms with Gasteiger partial charge in [-0.3, -0.25) is 4.90 Å². The van der Waals surface area contributed by atoms with E-state index >= 15 is 0 Å². The quantitative estimate of drug-likeness (QED) is 0.613. The normalized spacial score (nSPS) is 14.2. The summed E-state index contributed by atoms with van der Waals surface area (Å²) in [5.74, 6) is 0. The maximum absolute atomic E-state index is 6.35. The lowest BCUT2D eigenvalue weighted by Gasteiger charge is -2.21. The summed E-state index contributed by atoms with van der Waals surface area (Å²) in [7, 11) is 0. The summed E-state index contributed by atoms with van der Waals surface area (Å²) in [6, 6.07) is 18.6. The zero-order valence-electron chi connectivity index (χ0n) is 12.5. The van der Waals surface area contributed by atoms with E-state index in [4.69, 9.17) is 23.2 Å². The Balaban J connectivity index is 1.69. The number of para-hydroxylation sites is 1. The Morgan fingerprint density at radius 2 is 1.78 bits per heavy atom. The topological polar surface area (TPSA) is 8.17 Å². The summed E-state index contributed by atoms with van der Waals surface area (Å²) >= 11 is 12.4. The molecule has 0 saturated carbocycles. The lowest BCUT2D eigenvalue weighted by atomic mass is 10.1. The summed E-state index contributed by atoms with van der Waals surface area (Å²) in [5, 5.41) is 1.40. The zero-order chi connectivity index (χ0) is 15.8. The van der Waals surface area contributed by atoms with Crippen LogP contribution in [0, 0.1) is 0 Å². The van der Waals surface area contributed by atoms with Gasteiger partial charge in [-0.05, 0) is 41.5 Å². The Labute approximate surface area is 145 Å². The highest BCUT2D eigenvalue weighted by molar-refractivity contribution is 6.35. The maximum atomic E-state index is 6.35. The highest BCUT2D eigenvalue weighted by Crippen LogP contribution is 2.28. The lowest BCUT2D eigenvalue weighted by molar-refractivity contribution is 0.248. The minimum Gasteiger partial charge on any atom is -0.319 e. The van der Waals surface area contributed by atoms with Gasteiger partial charge in [-0.25, -0.2) is 0 Å². The molecule has 0 aliphatic carbocycles. The van der Waals surface area contributed by atoms with Gasteiger partial charge in [0.1, 0.15) is 0 Å². The molecule has 0 N–H and O–H groups in total. The molecule has 4 heteroatoms. The van der Waals surface area contributed by atoms with Gasteiger partial charge in [0.2, 0.25) is 0 Å². The first kappa shape index (κ1) is 14.8. The second-order valence-electron chi connectivity index (χ2n) is 5.88. The molecule has 1 aromatic heterocycles. The van der Waals surface area contributed by atoms with E-state index < -0.39 is 0 Å². The number of fused-ring (bicyclic) bond motifs is 3. The Hall–Kier alpha value is -1.74. The summed E-state index contributed by atoms with van der Waals surface area (Å²) in [6.45, 7) is 2.59. The number of halogens is 2. The fraction of sp³-hybridized carbons (Fsp3) is 0.158. The third-order valence-electron chi connectivity index (χ3n) is 4.27. The van der Waals surface area contributed by atoms with E-state index in [1.165, 1.54) is 16.9 Å². The second kappa shape index (κ2) is 6.04. The van der Waals surface area contributed by atoms with Crippen molar-refractivity contribution in [2.75, 3.05) is 0 Å². The van der Waals surface area contributed by atoms with E-state index in [9.17, 15) is 0 Å². The average Bonchev–Trinajstić information content (AvgIpc) is 2.93. The van der Waals surface area contributed by atoms with E-state index in [0.717, 1.165) is 30.2 Å². The van der Waals surface area contributed by atoms with Crippen molar-refractivity contribution in [1.82, 2.24) is 9.47 Å². The monoisotopic (exact) mass is 342 g/mol. The molecule has 0 spiro atoms. The van der Waals surface area contributed by atoms with Crippen LogP contribution in [0.25, 0.3) is 5.69 Å². The number of nitrogens with zero attached hydrogens (tertiary/aromatic N) is 2. The molecule has 0 bridgehead atoms. The van der Waals surface area contributed by atoms with Crippen LogP contribution in [0.15, 0.2) is 60.8 Å². The van der Waals surface area contributed by atoms with Gasteiger partial charge in [0, 0.05) is 47.3 Å². The molecule has 2 aromatic carbocycles. The minimum absolute atomic E-state index is 0.675. The van der Waals surface area contributed by atoms with Crippen molar-refractivity contribution in [2.45, 2.75) is 19.6 Å². The summed E-state index contributed by atoms with van der Waals surface area (Å²) < 4.78 is 2.28. The van der Waals surface area contributed by atoms with Crippen molar-refractivity contribution < 1.29 is 0 Å². The molecule has 23 heavy (non-hydrogen) atoms. The number of benzene rings is 2. The van der Waals surface area contributed by atoms with Crippen LogP contribution >= 0.6 is 23.2 Å². The molecule has 0 saturated heterocycles. The Morgan fingerprint density at radius 1 is 0.913 bits per heavy atom. The van der Waals surface area contributed by atoms with E-state index in [2.05, 4.69) is 52.1 Å². The Morgan fingerprint density at radius 3 is 2.65 bits per heavy atom. The van der Waals surface area contributed by atoms with Gasteiger partial charge in [-0.15, -0.1) is 0 Å². The molecule has 0 amide bonds. The van der Waals surface area contributed by atoms with Crippen LogP contribution in [-0.2, 0) is 19.6 Å². The standard InChI is InChI=1S/C19H16Cl2N2/c20-16-8-7-14(18(21)10-16)11-22-12-15-4-1-2-6-19(15)23-9-3-5-17(23)13-22/h1-10H,11-13H2. The van der Waals surface area contributed by atoms with Crippen molar-refractivity contribution >= 4 is 23.2 Å². The van der Waals surface area contributed by atoms with Crippen molar-refractivity contribution in [3.05, 3.63) is 87.7 Å². The first-order valence-corrected chi connectivity index (χ1v) is 8.37. The number of aromatic nitrogens is 1. The first-order chi connectivity index (χ1) is 11.2. The van der Waals surface area contributed by atoms with Crippen LogP contribution in [0.3, 0.4) is 0 Å². The van der Waals surface area contributed by atoms with Gasteiger partial charge < -0.3 is 4.57 Å². The van der Waals surface area contributed by atoms with Gasteiger partial charge >= 0.3 is 0 Å². The van der Waals surface area contributed by atoms with Gasteiger partial charge in [0.25, 0.3) is 0 Å². The number of hydrogen-bond acceptors (Lipinski definition) is 1.